The summed E-state index contributed by atoms with van der Waals surface area (Å²) >= 11 is 1.88. The standard InChI is InChI=1S/C23H21NS/c1-23(2)21(19-11-7-4-8-12-19)25-22(23)24-20-15-13-18(14-16-20)17-9-5-3-6-10-17/h3-16,21H,1-2H3. The Morgan fingerprint density at radius 2 is 1.28 bits per heavy atom. The van der Waals surface area contributed by atoms with Crippen LogP contribution in [0.1, 0.15) is 24.7 Å². The fourth-order valence-electron chi connectivity index (χ4n) is 3.22. The van der Waals surface area contributed by atoms with Crippen molar-refractivity contribution >= 4 is 22.5 Å². The molecule has 124 valence electrons. The molecule has 0 aromatic heterocycles. The third kappa shape index (κ3) is 3.14. The second-order valence-electron chi connectivity index (χ2n) is 6.96. The minimum atomic E-state index is 0.0874. The molecule has 1 saturated heterocycles. The van der Waals surface area contributed by atoms with Crippen LogP contribution < -0.4 is 0 Å². The fraction of sp³-hybridized carbons (Fsp3) is 0.174. The van der Waals surface area contributed by atoms with E-state index >= 15 is 0 Å². The normalized spacial score (nSPS) is 20.2. The molecule has 0 aliphatic carbocycles. The van der Waals surface area contributed by atoms with Gasteiger partial charge < -0.3 is 0 Å². The monoisotopic (exact) mass is 343 g/mol. The summed E-state index contributed by atoms with van der Waals surface area (Å²) in [7, 11) is 0. The van der Waals surface area contributed by atoms with Crippen molar-refractivity contribution in [2.24, 2.45) is 10.4 Å². The number of thioether (sulfide) groups is 1. The Kier molecular flexibility index (Phi) is 4.22. The Hall–Kier alpha value is -2.32. The lowest BCUT2D eigenvalue weighted by Crippen LogP contribution is -2.38. The highest BCUT2D eigenvalue weighted by molar-refractivity contribution is 8.16. The zero-order chi connectivity index (χ0) is 17.3. The molecule has 3 aromatic rings. The van der Waals surface area contributed by atoms with Gasteiger partial charge >= 0.3 is 0 Å². The third-order valence-corrected chi connectivity index (χ3v) is 6.68. The highest BCUT2D eigenvalue weighted by Gasteiger charge is 2.47. The quantitative estimate of drug-likeness (QED) is 0.504. The average molecular weight is 343 g/mol. The molecule has 1 heterocycles. The fourth-order valence-corrected chi connectivity index (χ4v) is 4.54. The molecule has 25 heavy (non-hydrogen) atoms. The van der Waals surface area contributed by atoms with Crippen LogP contribution in [0.4, 0.5) is 5.69 Å². The summed E-state index contributed by atoms with van der Waals surface area (Å²) in [6.07, 6.45) is 0. The molecule has 0 bridgehead atoms. The van der Waals surface area contributed by atoms with E-state index in [4.69, 9.17) is 4.99 Å². The van der Waals surface area contributed by atoms with Crippen LogP contribution in [-0.2, 0) is 0 Å². The predicted molar refractivity (Wildman–Crippen MR) is 110 cm³/mol. The first-order valence-electron chi connectivity index (χ1n) is 8.61. The van der Waals surface area contributed by atoms with E-state index in [1.165, 1.54) is 21.7 Å². The maximum absolute atomic E-state index is 4.91. The van der Waals surface area contributed by atoms with Gasteiger partial charge in [-0.2, -0.15) is 0 Å². The maximum atomic E-state index is 4.91. The summed E-state index contributed by atoms with van der Waals surface area (Å²) < 4.78 is 0. The molecule has 2 heteroatoms. The molecule has 0 saturated carbocycles. The van der Waals surface area contributed by atoms with Gasteiger partial charge in [0, 0.05) is 10.7 Å². The minimum absolute atomic E-state index is 0.0874. The summed E-state index contributed by atoms with van der Waals surface area (Å²) in [4.78, 5) is 4.91. The van der Waals surface area contributed by atoms with Gasteiger partial charge in [0.1, 0.15) is 0 Å². The van der Waals surface area contributed by atoms with E-state index < -0.39 is 0 Å². The van der Waals surface area contributed by atoms with E-state index in [0.717, 1.165) is 5.69 Å². The molecule has 0 spiro atoms. The van der Waals surface area contributed by atoms with E-state index in [2.05, 4.69) is 92.7 Å². The van der Waals surface area contributed by atoms with Gasteiger partial charge in [-0.05, 0) is 28.8 Å². The number of aliphatic imine (C=N–C) groups is 1. The largest absolute Gasteiger partial charge is 0.246 e. The highest BCUT2D eigenvalue weighted by atomic mass is 32.2. The summed E-state index contributed by atoms with van der Waals surface area (Å²) in [5.74, 6) is 0. The molecule has 4 rings (SSSR count). The lowest BCUT2D eigenvalue weighted by Gasteiger charge is -2.45. The Morgan fingerprint density at radius 1 is 0.720 bits per heavy atom. The topological polar surface area (TPSA) is 12.4 Å². The van der Waals surface area contributed by atoms with Crippen molar-refractivity contribution in [3.05, 3.63) is 90.5 Å². The van der Waals surface area contributed by atoms with Crippen LogP contribution >= 0.6 is 11.8 Å². The van der Waals surface area contributed by atoms with E-state index in [1.807, 2.05) is 17.8 Å². The van der Waals surface area contributed by atoms with Crippen molar-refractivity contribution in [2.75, 3.05) is 0 Å². The smallest absolute Gasteiger partial charge is 0.0815 e. The molecule has 1 atom stereocenters. The van der Waals surface area contributed by atoms with Crippen molar-refractivity contribution in [3.63, 3.8) is 0 Å². The van der Waals surface area contributed by atoms with Crippen molar-refractivity contribution in [2.45, 2.75) is 19.1 Å². The summed E-state index contributed by atoms with van der Waals surface area (Å²) in [5.41, 5.74) is 4.97. The summed E-state index contributed by atoms with van der Waals surface area (Å²) in [5, 5.41) is 1.70. The number of hydrogen-bond donors (Lipinski definition) is 0. The summed E-state index contributed by atoms with van der Waals surface area (Å²) in [6.45, 7) is 4.58. The SMILES string of the molecule is CC1(C)C(=Nc2ccc(-c3ccccc3)cc2)SC1c1ccccc1. The lowest BCUT2D eigenvalue weighted by molar-refractivity contribution is 0.497. The van der Waals surface area contributed by atoms with Gasteiger partial charge in [0.2, 0.25) is 0 Å². The van der Waals surface area contributed by atoms with Crippen molar-refractivity contribution in [3.8, 4) is 11.1 Å². The van der Waals surface area contributed by atoms with Crippen molar-refractivity contribution in [1.82, 2.24) is 0 Å². The number of rotatable bonds is 3. The first-order valence-corrected chi connectivity index (χ1v) is 9.49. The van der Waals surface area contributed by atoms with Crippen LogP contribution in [0.2, 0.25) is 0 Å². The highest BCUT2D eigenvalue weighted by Crippen LogP contribution is 2.58. The Bertz CT molecular complexity index is 880. The molecule has 1 aliphatic heterocycles. The van der Waals surface area contributed by atoms with Crippen molar-refractivity contribution in [1.29, 1.82) is 0 Å². The summed E-state index contributed by atoms with van der Waals surface area (Å²) in [6, 6.07) is 29.7. The van der Waals surface area contributed by atoms with E-state index in [0.29, 0.717) is 5.25 Å². The minimum Gasteiger partial charge on any atom is -0.246 e. The molecule has 1 unspecified atom stereocenters. The Labute approximate surface area is 153 Å². The predicted octanol–water partition coefficient (Wildman–Crippen LogP) is 6.90. The van der Waals surface area contributed by atoms with E-state index in [9.17, 15) is 0 Å². The molecule has 0 radical (unpaired) electrons. The molecular weight excluding hydrogens is 322 g/mol. The van der Waals surface area contributed by atoms with Crippen LogP contribution in [0.5, 0.6) is 0 Å². The van der Waals surface area contributed by atoms with Crippen LogP contribution in [-0.4, -0.2) is 5.04 Å². The van der Waals surface area contributed by atoms with Gasteiger partial charge in [-0.1, -0.05) is 86.6 Å². The second kappa shape index (κ2) is 6.53. The zero-order valence-corrected chi connectivity index (χ0v) is 15.3. The third-order valence-electron chi connectivity index (χ3n) is 4.74. The molecule has 0 N–H and O–H groups in total. The van der Waals surface area contributed by atoms with Crippen LogP contribution in [0.3, 0.4) is 0 Å². The number of benzene rings is 3. The van der Waals surface area contributed by atoms with Gasteiger partial charge in [0.25, 0.3) is 0 Å². The lowest BCUT2D eigenvalue weighted by atomic mass is 9.84. The average Bonchev–Trinajstić information content (AvgIpc) is 2.67. The first kappa shape index (κ1) is 16.2. The maximum Gasteiger partial charge on any atom is 0.0815 e. The molecule has 0 amide bonds. The first-order chi connectivity index (χ1) is 12.1. The molecule has 1 aliphatic rings. The second-order valence-corrected chi connectivity index (χ2v) is 8.05. The number of nitrogens with zero attached hydrogens (tertiary/aromatic N) is 1. The van der Waals surface area contributed by atoms with Crippen molar-refractivity contribution < 1.29 is 0 Å². The Balaban J connectivity index is 1.54. The van der Waals surface area contributed by atoms with Gasteiger partial charge in [-0.15, -0.1) is 11.8 Å². The van der Waals surface area contributed by atoms with Gasteiger partial charge in [0.05, 0.1) is 10.7 Å². The molecular formula is C23H21NS. The van der Waals surface area contributed by atoms with Gasteiger partial charge in [-0.3, -0.25) is 0 Å². The van der Waals surface area contributed by atoms with Crippen LogP contribution in [0.25, 0.3) is 11.1 Å². The zero-order valence-electron chi connectivity index (χ0n) is 14.5. The van der Waals surface area contributed by atoms with E-state index in [1.54, 1.807) is 0 Å². The van der Waals surface area contributed by atoms with Crippen LogP contribution in [0, 0.1) is 5.41 Å². The molecule has 3 aromatic carbocycles. The molecule has 1 fully saturated rings. The van der Waals surface area contributed by atoms with Gasteiger partial charge in [-0.25, -0.2) is 4.99 Å². The molecule has 1 nitrogen and oxygen atoms in total. The van der Waals surface area contributed by atoms with E-state index in [-0.39, 0.29) is 5.41 Å². The van der Waals surface area contributed by atoms with Gasteiger partial charge in [0.15, 0.2) is 0 Å². The number of hydrogen-bond acceptors (Lipinski definition) is 2. The Morgan fingerprint density at radius 3 is 1.88 bits per heavy atom. The van der Waals surface area contributed by atoms with Crippen LogP contribution in [0.15, 0.2) is 89.9 Å².